The minimum atomic E-state index is -0.148. The normalized spacial score (nSPS) is 11.0. The SMILES string of the molecule is O=C(Cc1csc(SCC(=O)c2cccs2)n1)Nc1nc2ccccc2s1. The highest BCUT2D eigenvalue weighted by molar-refractivity contribution is 8.01. The summed E-state index contributed by atoms with van der Waals surface area (Å²) in [6.45, 7) is 0. The molecule has 0 spiro atoms. The fourth-order valence-corrected chi connectivity index (χ4v) is 5.69. The zero-order valence-corrected chi connectivity index (χ0v) is 17.1. The lowest BCUT2D eigenvalue weighted by Gasteiger charge is -1.99. The molecule has 0 fully saturated rings. The van der Waals surface area contributed by atoms with Crippen molar-refractivity contribution in [3.05, 3.63) is 57.7 Å². The van der Waals surface area contributed by atoms with E-state index in [1.165, 1.54) is 45.8 Å². The first-order valence-electron chi connectivity index (χ1n) is 7.97. The third kappa shape index (κ3) is 4.62. The Morgan fingerprint density at radius 3 is 2.78 bits per heavy atom. The number of aromatic nitrogens is 2. The quantitative estimate of drug-likeness (QED) is 0.330. The number of Topliss-reactive ketones (excluding diaryl/α,β-unsaturated/α-hetero) is 1. The van der Waals surface area contributed by atoms with E-state index in [-0.39, 0.29) is 18.1 Å². The number of carbonyl (C=O) groups excluding carboxylic acids is 2. The molecule has 1 N–H and O–H groups in total. The van der Waals surface area contributed by atoms with Crippen LogP contribution in [0.5, 0.6) is 0 Å². The lowest BCUT2D eigenvalue weighted by molar-refractivity contribution is -0.115. The van der Waals surface area contributed by atoms with Crippen molar-refractivity contribution < 1.29 is 9.59 Å². The largest absolute Gasteiger partial charge is 0.302 e. The number of nitrogens with zero attached hydrogens (tertiary/aromatic N) is 2. The van der Waals surface area contributed by atoms with Crippen LogP contribution in [0.15, 0.2) is 51.5 Å². The summed E-state index contributed by atoms with van der Waals surface area (Å²) in [6, 6.07) is 11.5. The van der Waals surface area contributed by atoms with Crippen molar-refractivity contribution >= 4 is 72.8 Å². The maximum atomic E-state index is 12.3. The Balaban J connectivity index is 1.31. The molecule has 0 aliphatic rings. The number of thiophene rings is 1. The predicted octanol–water partition coefficient (Wildman–Crippen LogP) is 4.97. The smallest absolute Gasteiger partial charge is 0.232 e. The van der Waals surface area contributed by atoms with Gasteiger partial charge in [0.05, 0.1) is 33.0 Å². The van der Waals surface area contributed by atoms with Crippen molar-refractivity contribution in [1.29, 1.82) is 0 Å². The van der Waals surface area contributed by atoms with Crippen LogP contribution in [-0.4, -0.2) is 27.4 Å². The predicted molar refractivity (Wildman–Crippen MR) is 113 cm³/mol. The zero-order chi connectivity index (χ0) is 18.6. The van der Waals surface area contributed by atoms with Crippen LogP contribution >= 0.6 is 45.8 Å². The second-order valence-electron chi connectivity index (χ2n) is 5.51. The Hall–Kier alpha value is -2.07. The Labute approximate surface area is 171 Å². The average molecular weight is 432 g/mol. The lowest BCUT2D eigenvalue weighted by Crippen LogP contribution is -2.14. The summed E-state index contributed by atoms with van der Waals surface area (Å²) >= 11 is 5.75. The molecule has 27 heavy (non-hydrogen) atoms. The molecule has 1 amide bonds. The number of benzene rings is 1. The van der Waals surface area contributed by atoms with Crippen LogP contribution in [0.4, 0.5) is 5.13 Å². The van der Waals surface area contributed by atoms with E-state index in [4.69, 9.17) is 0 Å². The van der Waals surface area contributed by atoms with Gasteiger partial charge in [0.15, 0.2) is 15.3 Å². The first kappa shape index (κ1) is 18.3. The summed E-state index contributed by atoms with van der Waals surface area (Å²) in [4.78, 5) is 33.9. The third-order valence-electron chi connectivity index (χ3n) is 3.54. The molecule has 0 saturated heterocycles. The fourth-order valence-electron chi connectivity index (χ4n) is 2.33. The molecule has 0 bridgehead atoms. The summed E-state index contributed by atoms with van der Waals surface area (Å²) < 4.78 is 1.83. The number of anilines is 1. The number of thioether (sulfide) groups is 1. The summed E-state index contributed by atoms with van der Waals surface area (Å²) in [5, 5.41) is 7.17. The number of hydrogen-bond donors (Lipinski definition) is 1. The lowest BCUT2D eigenvalue weighted by atomic mass is 10.3. The summed E-state index contributed by atoms with van der Waals surface area (Å²) in [7, 11) is 0. The molecule has 0 atom stereocenters. The van der Waals surface area contributed by atoms with E-state index in [0.29, 0.717) is 16.6 Å². The van der Waals surface area contributed by atoms with E-state index in [2.05, 4.69) is 15.3 Å². The molecule has 5 nitrogen and oxygen atoms in total. The topological polar surface area (TPSA) is 72.0 Å². The van der Waals surface area contributed by atoms with Gasteiger partial charge in [0.2, 0.25) is 5.91 Å². The molecule has 3 aromatic heterocycles. The van der Waals surface area contributed by atoms with Crippen LogP contribution in [0.1, 0.15) is 15.4 Å². The molecule has 1 aromatic carbocycles. The van der Waals surface area contributed by atoms with Gasteiger partial charge in [0.25, 0.3) is 0 Å². The molecule has 4 rings (SSSR count). The Kier molecular flexibility index (Phi) is 5.63. The van der Waals surface area contributed by atoms with Gasteiger partial charge in [-0.2, -0.15) is 0 Å². The molecule has 0 radical (unpaired) electrons. The van der Waals surface area contributed by atoms with Crippen LogP contribution in [0.2, 0.25) is 0 Å². The highest BCUT2D eigenvalue weighted by Gasteiger charge is 2.13. The maximum Gasteiger partial charge on any atom is 0.232 e. The summed E-state index contributed by atoms with van der Waals surface area (Å²) in [5.74, 6) is 0.302. The number of carbonyl (C=O) groups is 2. The van der Waals surface area contributed by atoms with E-state index in [1.807, 2.05) is 47.2 Å². The molecule has 4 aromatic rings. The van der Waals surface area contributed by atoms with Crippen LogP contribution in [0.25, 0.3) is 10.2 Å². The van der Waals surface area contributed by atoms with Gasteiger partial charge >= 0.3 is 0 Å². The van der Waals surface area contributed by atoms with E-state index in [9.17, 15) is 9.59 Å². The molecule has 136 valence electrons. The number of fused-ring (bicyclic) bond motifs is 1. The number of hydrogen-bond acceptors (Lipinski definition) is 8. The molecule has 0 aliphatic carbocycles. The average Bonchev–Trinajstić information content (AvgIpc) is 3.39. The van der Waals surface area contributed by atoms with Gasteiger partial charge in [-0.1, -0.05) is 41.3 Å². The minimum absolute atomic E-state index is 0.0975. The second-order valence-corrected chi connectivity index (χ2v) is 9.56. The van der Waals surface area contributed by atoms with Crippen molar-refractivity contribution in [2.45, 2.75) is 10.8 Å². The van der Waals surface area contributed by atoms with Gasteiger partial charge in [-0.05, 0) is 23.6 Å². The Bertz CT molecular complexity index is 1050. The molecular weight excluding hydrogens is 418 g/mol. The van der Waals surface area contributed by atoms with Crippen LogP contribution in [0.3, 0.4) is 0 Å². The highest BCUT2D eigenvalue weighted by Crippen LogP contribution is 2.27. The number of thiazole rings is 2. The van der Waals surface area contributed by atoms with Gasteiger partial charge in [0, 0.05) is 5.38 Å². The summed E-state index contributed by atoms with van der Waals surface area (Å²) in [6.07, 6.45) is 0.186. The molecular formula is C18H13N3O2S4. The van der Waals surface area contributed by atoms with Crippen molar-refractivity contribution in [3.8, 4) is 0 Å². The summed E-state index contributed by atoms with van der Waals surface area (Å²) in [5.41, 5.74) is 1.57. The van der Waals surface area contributed by atoms with Gasteiger partial charge in [-0.15, -0.1) is 22.7 Å². The number of ketones is 1. The van der Waals surface area contributed by atoms with Gasteiger partial charge in [0.1, 0.15) is 0 Å². The zero-order valence-electron chi connectivity index (χ0n) is 13.9. The Morgan fingerprint density at radius 2 is 1.96 bits per heavy atom. The van der Waals surface area contributed by atoms with Crippen LogP contribution < -0.4 is 5.32 Å². The number of nitrogens with one attached hydrogen (secondary N) is 1. The van der Waals surface area contributed by atoms with Crippen molar-refractivity contribution in [1.82, 2.24) is 9.97 Å². The van der Waals surface area contributed by atoms with Crippen molar-refractivity contribution in [2.75, 3.05) is 11.1 Å². The Morgan fingerprint density at radius 1 is 1.07 bits per heavy atom. The van der Waals surface area contributed by atoms with Crippen LogP contribution in [-0.2, 0) is 11.2 Å². The van der Waals surface area contributed by atoms with Crippen LogP contribution in [0, 0.1) is 0 Å². The standard InChI is InChI=1S/C18H13N3O2S4/c22-13(15-6-3-7-24-15)10-26-18-19-11(9-25-18)8-16(23)21-17-20-12-4-1-2-5-14(12)27-17/h1-7,9H,8,10H2,(H,20,21,23). The monoisotopic (exact) mass is 431 g/mol. The second kappa shape index (κ2) is 8.30. The van der Waals surface area contributed by atoms with Gasteiger partial charge < -0.3 is 5.32 Å². The fraction of sp³-hybridized carbons (Fsp3) is 0.111. The number of para-hydroxylation sites is 1. The van der Waals surface area contributed by atoms with E-state index >= 15 is 0 Å². The van der Waals surface area contributed by atoms with Crippen molar-refractivity contribution in [2.24, 2.45) is 0 Å². The van der Waals surface area contributed by atoms with Gasteiger partial charge in [-0.25, -0.2) is 9.97 Å². The highest BCUT2D eigenvalue weighted by atomic mass is 32.2. The molecule has 9 heteroatoms. The molecule has 0 unspecified atom stereocenters. The first-order chi connectivity index (χ1) is 13.2. The van der Waals surface area contributed by atoms with E-state index in [1.54, 1.807) is 0 Å². The molecule has 0 aliphatic heterocycles. The minimum Gasteiger partial charge on any atom is -0.302 e. The number of amides is 1. The maximum absolute atomic E-state index is 12.3. The van der Waals surface area contributed by atoms with E-state index < -0.39 is 0 Å². The van der Waals surface area contributed by atoms with E-state index in [0.717, 1.165) is 19.4 Å². The molecule has 0 saturated carbocycles. The third-order valence-corrected chi connectivity index (χ3v) is 7.47. The van der Waals surface area contributed by atoms with Crippen molar-refractivity contribution in [3.63, 3.8) is 0 Å². The first-order valence-corrected chi connectivity index (χ1v) is 11.5. The molecule has 3 heterocycles. The van der Waals surface area contributed by atoms with Gasteiger partial charge in [-0.3, -0.25) is 9.59 Å². The number of rotatable bonds is 7.